The predicted molar refractivity (Wildman–Crippen MR) is 76.8 cm³/mol. The van der Waals surface area contributed by atoms with Crippen LogP contribution < -0.4 is 10.6 Å². The molecule has 0 saturated carbocycles. The Morgan fingerprint density at radius 3 is 2.89 bits per heavy atom. The molecule has 1 aromatic heterocycles. The number of amides is 1. The van der Waals surface area contributed by atoms with Crippen molar-refractivity contribution in [3.63, 3.8) is 0 Å². The van der Waals surface area contributed by atoms with Gasteiger partial charge in [-0.05, 0) is 13.0 Å². The number of carbonyl (C=O) groups excluding carboxylic acids is 1. The van der Waals surface area contributed by atoms with Gasteiger partial charge in [-0.2, -0.15) is 0 Å². The minimum Gasteiger partial charge on any atom is -0.349 e. The number of hydrogen-bond donors (Lipinski definition) is 2. The first-order valence-electron chi connectivity index (χ1n) is 6.77. The minimum atomic E-state index is -0.0520. The van der Waals surface area contributed by atoms with E-state index in [2.05, 4.69) is 15.5 Å². The molecule has 6 heteroatoms. The van der Waals surface area contributed by atoms with Crippen molar-refractivity contribution in [1.29, 1.82) is 0 Å². The molecular formula is C13H21ClN4O. The highest BCUT2D eigenvalue weighted by atomic mass is 35.5. The van der Waals surface area contributed by atoms with E-state index >= 15 is 0 Å². The SMILES string of the molecule is CCn1cc(Cl)cc1C(=O)NCCN1CCNCC1. The van der Waals surface area contributed by atoms with Crippen LogP contribution in [0.15, 0.2) is 12.3 Å². The largest absolute Gasteiger partial charge is 0.349 e. The molecular weight excluding hydrogens is 264 g/mol. The average Bonchev–Trinajstić information content (AvgIpc) is 2.81. The maximum atomic E-state index is 12.1. The fraction of sp³-hybridized carbons (Fsp3) is 0.615. The number of aryl methyl sites for hydroxylation is 1. The fourth-order valence-corrected chi connectivity index (χ4v) is 2.50. The second-order valence-corrected chi connectivity index (χ2v) is 5.11. The summed E-state index contributed by atoms with van der Waals surface area (Å²) in [6.07, 6.45) is 1.78. The zero-order valence-electron chi connectivity index (χ0n) is 11.3. The number of hydrogen-bond acceptors (Lipinski definition) is 3. The van der Waals surface area contributed by atoms with Gasteiger partial charge in [-0.3, -0.25) is 9.69 Å². The van der Waals surface area contributed by atoms with Crippen LogP contribution in [0.1, 0.15) is 17.4 Å². The van der Waals surface area contributed by atoms with Gasteiger partial charge in [0.1, 0.15) is 5.69 Å². The Hall–Kier alpha value is -1.04. The number of aromatic nitrogens is 1. The van der Waals surface area contributed by atoms with E-state index in [0.29, 0.717) is 17.3 Å². The van der Waals surface area contributed by atoms with Crippen molar-refractivity contribution in [1.82, 2.24) is 20.1 Å². The van der Waals surface area contributed by atoms with Crippen LogP contribution in [-0.4, -0.2) is 54.6 Å². The maximum Gasteiger partial charge on any atom is 0.268 e. The molecule has 1 saturated heterocycles. The lowest BCUT2D eigenvalue weighted by Crippen LogP contribution is -2.46. The molecule has 1 aliphatic rings. The number of nitrogens with one attached hydrogen (secondary N) is 2. The van der Waals surface area contributed by atoms with Crippen molar-refractivity contribution in [2.45, 2.75) is 13.5 Å². The molecule has 0 aliphatic carbocycles. The van der Waals surface area contributed by atoms with E-state index < -0.39 is 0 Å². The van der Waals surface area contributed by atoms with Gasteiger partial charge in [0, 0.05) is 52.0 Å². The summed E-state index contributed by atoms with van der Waals surface area (Å²) < 4.78 is 1.86. The van der Waals surface area contributed by atoms with Crippen molar-refractivity contribution in [2.75, 3.05) is 39.3 Å². The molecule has 0 radical (unpaired) electrons. The maximum absolute atomic E-state index is 12.1. The normalized spacial score (nSPS) is 16.5. The van der Waals surface area contributed by atoms with E-state index in [1.807, 2.05) is 11.5 Å². The summed E-state index contributed by atoms with van der Waals surface area (Å²) in [5.41, 5.74) is 0.632. The van der Waals surface area contributed by atoms with Crippen LogP contribution >= 0.6 is 11.6 Å². The highest BCUT2D eigenvalue weighted by Crippen LogP contribution is 2.13. The van der Waals surface area contributed by atoms with E-state index in [9.17, 15) is 4.79 Å². The lowest BCUT2D eigenvalue weighted by Gasteiger charge is -2.27. The zero-order valence-corrected chi connectivity index (χ0v) is 12.0. The van der Waals surface area contributed by atoms with E-state index in [1.165, 1.54) is 0 Å². The Morgan fingerprint density at radius 1 is 1.47 bits per heavy atom. The second-order valence-electron chi connectivity index (χ2n) is 4.68. The smallest absolute Gasteiger partial charge is 0.268 e. The molecule has 1 amide bonds. The highest BCUT2D eigenvalue weighted by Gasteiger charge is 2.13. The number of nitrogens with zero attached hydrogens (tertiary/aromatic N) is 2. The Morgan fingerprint density at radius 2 is 2.21 bits per heavy atom. The summed E-state index contributed by atoms with van der Waals surface area (Å²) in [6.45, 7) is 8.46. The molecule has 0 atom stereocenters. The van der Waals surface area contributed by atoms with E-state index in [-0.39, 0.29) is 5.91 Å². The summed E-state index contributed by atoms with van der Waals surface area (Å²) in [5, 5.41) is 6.87. The Kier molecular flexibility index (Phi) is 5.24. The molecule has 1 fully saturated rings. The van der Waals surface area contributed by atoms with Gasteiger partial charge in [0.15, 0.2) is 0 Å². The van der Waals surface area contributed by atoms with Gasteiger partial charge in [0.2, 0.25) is 0 Å². The molecule has 2 rings (SSSR count). The van der Waals surface area contributed by atoms with Crippen LogP contribution in [0.4, 0.5) is 0 Å². The van der Waals surface area contributed by atoms with Gasteiger partial charge in [0.05, 0.1) is 5.02 Å². The Bertz CT molecular complexity index is 426. The topological polar surface area (TPSA) is 49.3 Å². The van der Waals surface area contributed by atoms with Gasteiger partial charge >= 0.3 is 0 Å². The standard InChI is InChI=1S/C13H21ClN4O/c1-2-18-10-11(14)9-12(18)13(19)16-5-8-17-6-3-15-4-7-17/h9-10,15H,2-8H2,1H3,(H,16,19). The summed E-state index contributed by atoms with van der Waals surface area (Å²) in [6, 6.07) is 1.71. The molecule has 0 aromatic carbocycles. The lowest BCUT2D eigenvalue weighted by molar-refractivity contribution is 0.0938. The van der Waals surface area contributed by atoms with Gasteiger partial charge in [-0.15, -0.1) is 0 Å². The Balaban J connectivity index is 1.80. The number of piperazine rings is 1. The molecule has 106 valence electrons. The molecule has 0 bridgehead atoms. The van der Waals surface area contributed by atoms with E-state index in [1.54, 1.807) is 12.3 Å². The first-order chi connectivity index (χ1) is 9.20. The molecule has 2 heterocycles. The number of rotatable bonds is 5. The highest BCUT2D eigenvalue weighted by molar-refractivity contribution is 6.31. The van der Waals surface area contributed by atoms with E-state index in [0.717, 1.165) is 39.3 Å². The van der Waals surface area contributed by atoms with Crippen molar-refractivity contribution in [2.24, 2.45) is 0 Å². The third kappa shape index (κ3) is 3.96. The first kappa shape index (κ1) is 14.4. The minimum absolute atomic E-state index is 0.0520. The van der Waals surface area contributed by atoms with Crippen LogP contribution in [0, 0.1) is 0 Å². The number of halogens is 1. The second kappa shape index (κ2) is 6.93. The first-order valence-corrected chi connectivity index (χ1v) is 7.15. The third-order valence-electron chi connectivity index (χ3n) is 3.36. The van der Waals surface area contributed by atoms with Crippen LogP contribution in [0.3, 0.4) is 0 Å². The van der Waals surface area contributed by atoms with Gasteiger partial charge < -0.3 is 15.2 Å². The summed E-state index contributed by atoms with van der Waals surface area (Å²) in [5.74, 6) is -0.0520. The molecule has 19 heavy (non-hydrogen) atoms. The van der Waals surface area contributed by atoms with Crippen molar-refractivity contribution >= 4 is 17.5 Å². The monoisotopic (exact) mass is 284 g/mol. The zero-order chi connectivity index (χ0) is 13.7. The summed E-state index contributed by atoms with van der Waals surface area (Å²) in [7, 11) is 0. The van der Waals surface area contributed by atoms with Crippen LogP contribution in [0.2, 0.25) is 5.02 Å². The molecule has 0 unspecified atom stereocenters. The number of carbonyl (C=O) groups is 1. The lowest BCUT2D eigenvalue weighted by atomic mass is 10.3. The molecule has 2 N–H and O–H groups in total. The third-order valence-corrected chi connectivity index (χ3v) is 3.57. The van der Waals surface area contributed by atoms with Gasteiger partial charge in [-0.25, -0.2) is 0 Å². The molecule has 5 nitrogen and oxygen atoms in total. The predicted octanol–water partition coefficient (Wildman–Crippen LogP) is 0.796. The summed E-state index contributed by atoms with van der Waals surface area (Å²) in [4.78, 5) is 14.4. The molecule has 0 spiro atoms. The fourth-order valence-electron chi connectivity index (χ4n) is 2.28. The average molecular weight is 285 g/mol. The molecule has 1 aromatic rings. The molecule has 1 aliphatic heterocycles. The van der Waals surface area contributed by atoms with Gasteiger partial charge in [0.25, 0.3) is 5.91 Å². The van der Waals surface area contributed by atoms with Crippen molar-refractivity contribution in [3.05, 3.63) is 23.0 Å². The Labute approximate surface area is 118 Å². The van der Waals surface area contributed by atoms with Crippen molar-refractivity contribution in [3.8, 4) is 0 Å². The van der Waals surface area contributed by atoms with E-state index in [4.69, 9.17) is 11.6 Å². The summed E-state index contributed by atoms with van der Waals surface area (Å²) >= 11 is 5.93. The van der Waals surface area contributed by atoms with Gasteiger partial charge in [-0.1, -0.05) is 11.6 Å². The van der Waals surface area contributed by atoms with Crippen molar-refractivity contribution < 1.29 is 4.79 Å². The van der Waals surface area contributed by atoms with Crippen LogP contribution in [0.25, 0.3) is 0 Å². The van der Waals surface area contributed by atoms with Crippen LogP contribution in [0.5, 0.6) is 0 Å². The van der Waals surface area contributed by atoms with Crippen LogP contribution in [-0.2, 0) is 6.54 Å². The quantitative estimate of drug-likeness (QED) is 0.841.